The summed E-state index contributed by atoms with van der Waals surface area (Å²) in [6, 6.07) is 6.53. The molecule has 0 spiro atoms. The van der Waals surface area contributed by atoms with Gasteiger partial charge in [-0.1, -0.05) is 13.8 Å². The van der Waals surface area contributed by atoms with E-state index in [0.29, 0.717) is 0 Å². The Hall–Kier alpha value is -2.86. The number of aromatic nitrogens is 1. The molecule has 2 rings (SSSR count). The standard InChI is InChI=1S/C21H26F3N3O5S/c1-5-27(6-2)33(29,30)16-8-9-18(32-14(3)4)17(11-16)26-20(28)15-7-10-19(25-12-15)31-13-21(22,23)24/h7-12,14H,5-6,13H2,1-4H3,(H,26,28). The summed E-state index contributed by atoms with van der Waals surface area (Å²) in [6.07, 6.45) is -3.71. The van der Waals surface area contributed by atoms with Gasteiger partial charge < -0.3 is 14.8 Å². The molecule has 1 aromatic heterocycles. The number of nitrogens with one attached hydrogen (secondary N) is 1. The van der Waals surface area contributed by atoms with Crippen LogP contribution in [0.4, 0.5) is 18.9 Å². The van der Waals surface area contributed by atoms with Crippen molar-refractivity contribution in [2.45, 2.75) is 44.9 Å². The Balaban J connectivity index is 2.31. The largest absolute Gasteiger partial charge is 0.489 e. The van der Waals surface area contributed by atoms with Crippen LogP contribution in [0, 0.1) is 0 Å². The summed E-state index contributed by atoms with van der Waals surface area (Å²) in [6.45, 7) is 6.03. The molecule has 0 bridgehead atoms. The van der Waals surface area contributed by atoms with Crippen molar-refractivity contribution in [2.75, 3.05) is 25.0 Å². The van der Waals surface area contributed by atoms with Crippen molar-refractivity contribution in [3.63, 3.8) is 0 Å². The highest BCUT2D eigenvalue weighted by Gasteiger charge is 2.28. The van der Waals surface area contributed by atoms with Crippen LogP contribution in [0.15, 0.2) is 41.4 Å². The Kier molecular flexibility index (Phi) is 8.67. The van der Waals surface area contributed by atoms with Crippen molar-refractivity contribution in [1.82, 2.24) is 9.29 Å². The molecule has 12 heteroatoms. The van der Waals surface area contributed by atoms with E-state index in [0.717, 1.165) is 12.3 Å². The van der Waals surface area contributed by atoms with Gasteiger partial charge in [-0.15, -0.1) is 0 Å². The van der Waals surface area contributed by atoms with Gasteiger partial charge in [0.15, 0.2) is 6.61 Å². The molecule has 1 N–H and O–H groups in total. The summed E-state index contributed by atoms with van der Waals surface area (Å²) in [5, 5.41) is 2.59. The van der Waals surface area contributed by atoms with Crippen LogP contribution in [0.5, 0.6) is 11.6 Å². The Labute approximate surface area is 190 Å². The van der Waals surface area contributed by atoms with Crippen LogP contribution in [-0.4, -0.2) is 55.6 Å². The molecule has 0 aliphatic heterocycles. The van der Waals surface area contributed by atoms with E-state index < -0.39 is 28.7 Å². The van der Waals surface area contributed by atoms with E-state index in [4.69, 9.17) is 4.74 Å². The lowest BCUT2D eigenvalue weighted by molar-refractivity contribution is -0.154. The van der Waals surface area contributed by atoms with Gasteiger partial charge in [-0.2, -0.15) is 17.5 Å². The third kappa shape index (κ3) is 7.32. The third-order valence-electron chi connectivity index (χ3n) is 4.29. The number of carbonyl (C=O) groups excluding carboxylic acids is 1. The van der Waals surface area contributed by atoms with Gasteiger partial charge >= 0.3 is 6.18 Å². The number of nitrogens with zero attached hydrogens (tertiary/aromatic N) is 2. The van der Waals surface area contributed by atoms with Crippen molar-refractivity contribution in [3.8, 4) is 11.6 Å². The number of ether oxygens (including phenoxy) is 2. The van der Waals surface area contributed by atoms with Gasteiger partial charge in [0.1, 0.15) is 5.75 Å². The minimum atomic E-state index is -4.51. The fourth-order valence-corrected chi connectivity index (χ4v) is 4.27. The second kappa shape index (κ2) is 10.8. The predicted molar refractivity (Wildman–Crippen MR) is 116 cm³/mol. The van der Waals surface area contributed by atoms with Crippen LogP contribution in [0.25, 0.3) is 0 Å². The molecule has 0 radical (unpaired) electrons. The maximum absolute atomic E-state index is 12.9. The molecule has 0 atom stereocenters. The smallest absolute Gasteiger partial charge is 0.422 e. The summed E-state index contributed by atoms with van der Waals surface area (Å²) < 4.78 is 74.0. The molecule has 0 unspecified atom stereocenters. The van der Waals surface area contributed by atoms with Crippen LogP contribution in [-0.2, 0) is 10.0 Å². The molecule has 33 heavy (non-hydrogen) atoms. The fourth-order valence-electron chi connectivity index (χ4n) is 2.79. The normalized spacial score (nSPS) is 12.2. The molecule has 0 saturated heterocycles. The van der Waals surface area contributed by atoms with Crippen molar-refractivity contribution in [3.05, 3.63) is 42.1 Å². The first-order chi connectivity index (χ1) is 15.4. The summed E-state index contributed by atoms with van der Waals surface area (Å²) in [5.41, 5.74) is 0.154. The molecule has 8 nitrogen and oxygen atoms in total. The summed E-state index contributed by atoms with van der Waals surface area (Å²) in [4.78, 5) is 16.4. The van der Waals surface area contributed by atoms with E-state index in [9.17, 15) is 26.4 Å². The second-order valence-corrected chi connectivity index (χ2v) is 9.09. The number of amides is 1. The van der Waals surface area contributed by atoms with Crippen molar-refractivity contribution < 1.29 is 35.9 Å². The van der Waals surface area contributed by atoms with Gasteiger partial charge in [0, 0.05) is 25.4 Å². The van der Waals surface area contributed by atoms with Gasteiger partial charge in [0.25, 0.3) is 5.91 Å². The average Bonchev–Trinajstić information content (AvgIpc) is 2.73. The number of carbonyl (C=O) groups is 1. The minimum absolute atomic E-state index is 0.0216. The lowest BCUT2D eigenvalue weighted by Crippen LogP contribution is -2.30. The van der Waals surface area contributed by atoms with E-state index >= 15 is 0 Å². The Morgan fingerprint density at radius 1 is 1.15 bits per heavy atom. The number of hydrogen-bond acceptors (Lipinski definition) is 6. The molecule has 0 fully saturated rings. The van der Waals surface area contributed by atoms with E-state index in [2.05, 4.69) is 15.0 Å². The lowest BCUT2D eigenvalue weighted by Gasteiger charge is -2.20. The van der Waals surface area contributed by atoms with E-state index in [1.807, 2.05) is 0 Å². The minimum Gasteiger partial charge on any atom is -0.489 e. The Morgan fingerprint density at radius 3 is 2.33 bits per heavy atom. The number of anilines is 1. The highest BCUT2D eigenvalue weighted by molar-refractivity contribution is 7.89. The van der Waals surface area contributed by atoms with Gasteiger partial charge in [0.05, 0.1) is 22.3 Å². The summed E-state index contributed by atoms with van der Waals surface area (Å²) in [5.74, 6) is -0.689. The molecule has 1 aromatic carbocycles. The molecule has 0 aliphatic rings. The molecular formula is C21H26F3N3O5S. The first-order valence-corrected chi connectivity index (χ1v) is 11.6. The van der Waals surface area contributed by atoms with Gasteiger partial charge in [-0.3, -0.25) is 4.79 Å². The molecule has 0 aliphatic carbocycles. The molecular weight excluding hydrogens is 463 g/mol. The molecule has 1 amide bonds. The van der Waals surface area contributed by atoms with Crippen LogP contribution in [0.3, 0.4) is 0 Å². The van der Waals surface area contributed by atoms with E-state index in [1.54, 1.807) is 27.7 Å². The number of sulfonamides is 1. The number of alkyl halides is 3. The Bertz CT molecular complexity index is 1050. The molecule has 0 saturated carbocycles. The maximum atomic E-state index is 12.9. The monoisotopic (exact) mass is 489 g/mol. The Morgan fingerprint density at radius 2 is 1.82 bits per heavy atom. The SMILES string of the molecule is CCN(CC)S(=O)(=O)c1ccc(OC(C)C)c(NC(=O)c2ccc(OCC(F)(F)F)nc2)c1. The lowest BCUT2D eigenvalue weighted by atomic mass is 10.2. The predicted octanol–water partition coefficient (Wildman–Crippen LogP) is 4.09. The zero-order valence-corrected chi connectivity index (χ0v) is 19.5. The zero-order chi connectivity index (χ0) is 24.8. The van der Waals surface area contributed by atoms with E-state index in [-0.39, 0.29) is 47.0 Å². The van der Waals surface area contributed by atoms with Crippen LogP contribution >= 0.6 is 0 Å². The fraction of sp³-hybridized carbons (Fsp3) is 0.429. The van der Waals surface area contributed by atoms with Crippen LogP contribution < -0.4 is 14.8 Å². The first kappa shape index (κ1) is 26.4. The number of benzene rings is 1. The highest BCUT2D eigenvalue weighted by Crippen LogP contribution is 2.30. The summed E-state index contributed by atoms with van der Waals surface area (Å²) >= 11 is 0. The van der Waals surface area contributed by atoms with E-state index in [1.165, 1.54) is 28.6 Å². The van der Waals surface area contributed by atoms with Gasteiger partial charge in [0.2, 0.25) is 15.9 Å². The first-order valence-electron chi connectivity index (χ1n) is 10.1. The van der Waals surface area contributed by atoms with Crippen molar-refractivity contribution >= 4 is 21.6 Å². The van der Waals surface area contributed by atoms with Gasteiger partial charge in [-0.25, -0.2) is 13.4 Å². The van der Waals surface area contributed by atoms with Crippen molar-refractivity contribution in [1.29, 1.82) is 0 Å². The third-order valence-corrected chi connectivity index (χ3v) is 6.33. The quantitative estimate of drug-likeness (QED) is 0.540. The number of pyridine rings is 1. The second-order valence-electron chi connectivity index (χ2n) is 7.16. The van der Waals surface area contributed by atoms with Gasteiger partial charge in [-0.05, 0) is 38.1 Å². The van der Waals surface area contributed by atoms with Crippen LogP contribution in [0.2, 0.25) is 0 Å². The van der Waals surface area contributed by atoms with Crippen molar-refractivity contribution in [2.24, 2.45) is 0 Å². The molecule has 1 heterocycles. The average molecular weight is 490 g/mol. The zero-order valence-electron chi connectivity index (χ0n) is 18.6. The topological polar surface area (TPSA) is 97.8 Å². The number of rotatable bonds is 10. The number of halogens is 3. The summed E-state index contributed by atoms with van der Waals surface area (Å²) in [7, 11) is -3.79. The molecule has 182 valence electrons. The maximum Gasteiger partial charge on any atom is 0.422 e. The van der Waals surface area contributed by atoms with Crippen LogP contribution in [0.1, 0.15) is 38.1 Å². The highest BCUT2D eigenvalue weighted by atomic mass is 32.2. The number of hydrogen-bond donors (Lipinski definition) is 1. The molecule has 2 aromatic rings.